The molecule has 1 fully saturated rings. The number of carbonyl (C=O) groups excluding carboxylic acids is 2. The van der Waals surface area contributed by atoms with Crippen LogP contribution in [0, 0.1) is 6.92 Å². The van der Waals surface area contributed by atoms with Crippen LogP contribution in [0.4, 0.5) is 0 Å². The minimum absolute atomic E-state index is 0.111. The van der Waals surface area contributed by atoms with Crippen LogP contribution in [0.5, 0.6) is 0 Å². The smallest absolute Gasteiger partial charge is 0.261 e. The molecule has 126 valence electrons. The van der Waals surface area contributed by atoms with Crippen LogP contribution < -0.4 is 10.9 Å². The van der Waals surface area contributed by atoms with Gasteiger partial charge in [0.05, 0.1) is 10.9 Å². The molecule has 1 aromatic heterocycles. The lowest BCUT2D eigenvalue weighted by Gasteiger charge is -2.26. The number of carbonyl (C=O) groups is 2. The van der Waals surface area contributed by atoms with Gasteiger partial charge in [0.15, 0.2) is 0 Å². The van der Waals surface area contributed by atoms with Gasteiger partial charge in [-0.05, 0) is 32.4 Å². The summed E-state index contributed by atoms with van der Waals surface area (Å²) in [6, 6.07) is 6.53. The van der Waals surface area contributed by atoms with Gasteiger partial charge in [-0.3, -0.25) is 19.0 Å². The summed E-state index contributed by atoms with van der Waals surface area (Å²) >= 11 is 0. The fourth-order valence-corrected chi connectivity index (χ4v) is 2.98. The number of nitrogens with zero attached hydrogens (tertiary/aromatic N) is 3. The number of amides is 2. The van der Waals surface area contributed by atoms with E-state index in [1.807, 2.05) is 6.07 Å². The first kappa shape index (κ1) is 16.2. The summed E-state index contributed by atoms with van der Waals surface area (Å²) in [5, 5.41) is 3.26. The zero-order valence-corrected chi connectivity index (χ0v) is 13.8. The van der Waals surface area contributed by atoms with Crippen molar-refractivity contribution in [3.05, 3.63) is 40.4 Å². The van der Waals surface area contributed by atoms with Gasteiger partial charge in [0.2, 0.25) is 11.8 Å². The highest BCUT2D eigenvalue weighted by Crippen LogP contribution is 2.10. The van der Waals surface area contributed by atoms with Gasteiger partial charge in [0.1, 0.15) is 18.4 Å². The van der Waals surface area contributed by atoms with E-state index in [1.54, 1.807) is 32.0 Å². The molecule has 3 rings (SSSR count). The summed E-state index contributed by atoms with van der Waals surface area (Å²) in [7, 11) is 0. The van der Waals surface area contributed by atoms with E-state index in [2.05, 4.69) is 10.3 Å². The number of para-hydroxylation sites is 1. The van der Waals surface area contributed by atoms with E-state index in [9.17, 15) is 14.4 Å². The summed E-state index contributed by atoms with van der Waals surface area (Å²) in [6.07, 6.45) is 0.700. The molecule has 0 unspecified atom stereocenters. The van der Waals surface area contributed by atoms with Gasteiger partial charge in [0, 0.05) is 13.1 Å². The summed E-state index contributed by atoms with van der Waals surface area (Å²) in [5.74, 6) is 0.0716. The molecule has 7 heteroatoms. The SMILES string of the molecule is Cc1nc2ccccc2c(=O)n1CC(=O)N1CCCNC(=O)[C@@H]1C. The maximum Gasteiger partial charge on any atom is 0.261 e. The molecular weight excluding hydrogens is 308 g/mol. The first-order chi connectivity index (χ1) is 11.5. The molecule has 24 heavy (non-hydrogen) atoms. The number of benzene rings is 1. The molecule has 0 saturated carbocycles. The Labute approximate surface area is 139 Å². The van der Waals surface area contributed by atoms with Crippen molar-refractivity contribution in [2.24, 2.45) is 0 Å². The van der Waals surface area contributed by atoms with Crippen molar-refractivity contribution in [3.8, 4) is 0 Å². The largest absolute Gasteiger partial charge is 0.354 e. The van der Waals surface area contributed by atoms with Gasteiger partial charge >= 0.3 is 0 Å². The van der Waals surface area contributed by atoms with Crippen LogP contribution in [0.2, 0.25) is 0 Å². The van der Waals surface area contributed by atoms with Crippen LogP contribution in [0.25, 0.3) is 10.9 Å². The van der Waals surface area contributed by atoms with Gasteiger partial charge in [-0.25, -0.2) is 4.98 Å². The van der Waals surface area contributed by atoms with Crippen LogP contribution >= 0.6 is 0 Å². The minimum atomic E-state index is -0.538. The Kier molecular flexibility index (Phi) is 4.33. The second kappa shape index (κ2) is 6.43. The average molecular weight is 328 g/mol. The van der Waals surface area contributed by atoms with Crippen LogP contribution in [0.15, 0.2) is 29.1 Å². The molecule has 1 aromatic carbocycles. The maximum absolute atomic E-state index is 12.7. The number of aryl methyl sites for hydroxylation is 1. The molecule has 2 heterocycles. The number of aromatic nitrogens is 2. The number of fused-ring (bicyclic) bond motifs is 1. The number of hydrogen-bond donors (Lipinski definition) is 1. The highest BCUT2D eigenvalue weighted by molar-refractivity contribution is 5.87. The molecule has 0 bridgehead atoms. The Balaban J connectivity index is 1.93. The molecule has 0 radical (unpaired) electrons. The average Bonchev–Trinajstić information content (AvgIpc) is 2.73. The fraction of sp³-hybridized carbons (Fsp3) is 0.412. The summed E-state index contributed by atoms with van der Waals surface area (Å²) < 4.78 is 1.38. The van der Waals surface area contributed by atoms with Gasteiger partial charge in [0.25, 0.3) is 5.56 Å². The second-order valence-corrected chi connectivity index (χ2v) is 5.98. The summed E-state index contributed by atoms with van der Waals surface area (Å²) in [5.41, 5.74) is 0.379. The highest BCUT2D eigenvalue weighted by atomic mass is 16.2. The quantitative estimate of drug-likeness (QED) is 0.867. The van der Waals surface area contributed by atoms with Gasteiger partial charge in [-0.1, -0.05) is 12.1 Å². The first-order valence-electron chi connectivity index (χ1n) is 8.02. The van der Waals surface area contributed by atoms with E-state index in [-0.39, 0.29) is 23.9 Å². The summed E-state index contributed by atoms with van der Waals surface area (Å²) in [6.45, 7) is 4.35. The van der Waals surface area contributed by atoms with Gasteiger partial charge in [-0.2, -0.15) is 0 Å². The Morgan fingerprint density at radius 2 is 2.08 bits per heavy atom. The zero-order chi connectivity index (χ0) is 17.3. The molecule has 0 aliphatic carbocycles. The maximum atomic E-state index is 12.7. The van der Waals surface area contributed by atoms with Crippen LogP contribution in [-0.4, -0.2) is 45.4 Å². The standard InChI is InChI=1S/C17H20N4O3/c1-11-16(23)18-8-5-9-20(11)15(22)10-21-12(2)19-14-7-4-3-6-13(14)17(21)24/h3-4,6-7,11H,5,8-10H2,1-2H3,(H,18,23)/t11-/m0/s1. The Bertz CT molecular complexity index is 859. The predicted octanol–water partition coefficient (Wildman–Crippen LogP) is 0.442. The van der Waals surface area contributed by atoms with E-state index in [0.717, 1.165) is 0 Å². The summed E-state index contributed by atoms with van der Waals surface area (Å²) in [4.78, 5) is 43.2. The molecule has 0 spiro atoms. The van der Waals surface area contributed by atoms with E-state index in [4.69, 9.17) is 0 Å². The number of rotatable bonds is 2. The number of hydrogen-bond acceptors (Lipinski definition) is 4. The van der Waals surface area contributed by atoms with E-state index < -0.39 is 6.04 Å². The molecule has 1 N–H and O–H groups in total. The van der Waals surface area contributed by atoms with E-state index in [1.165, 1.54) is 9.47 Å². The third kappa shape index (κ3) is 2.89. The minimum Gasteiger partial charge on any atom is -0.354 e. The monoisotopic (exact) mass is 328 g/mol. The molecule has 1 aliphatic heterocycles. The van der Waals surface area contributed by atoms with E-state index >= 15 is 0 Å². The molecular formula is C17H20N4O3. The van der Waals surface area contributed by atoms with Gasteiger partial charge in [-0.15, -0.1) is 0 Å². The fourth-order valence-electron chi connectivity index (χ4n) is 2.98. The first-order valence-corrected chi connectivity index (χ1v) is 8.02. The van der Waals surface area contributed by atoms with Crippen LogP contribution in [0.3, 0.4) is 0 Å². The van der Waals surface area contributed by atoms with Crippen LogP contribution in [-0.2, 0) is 16.1 Å². The lowest BCUT2D eigenvalue weighted by Crippen LogP contribution is -2.47. The van der Waals surface area contributed by atoms with Crippen molar-refractivity contribution < 1.29 is 9.59 Å². The lowest BCUT2D eigenvalue weighted by atomic mass is 10.2. The topological polar surface area (TPSA) is 84.3 Å². The Hall–Kier alpha value is -2.70. The predicted molar refractivity (Wildman–Crippen MR) is 89.5 cm³/mol. The molecule has 1 atom stereocenters. The Morgan fingerprint density at radius 3 is 2.88 bits per heavy atom. The second-order valence-electron chi connectivity index (χ2n) is 5.98. The third-order valence-corrected chi connectivity index (χ3v) is 4.39. The van der Waals surface area contributed by atoms with Crippen molar-refractivity contribution in [2.45, 2.75) is 32.9 Å². The molecule has 7 nitrogen and oxygen atoms in total. The van der Waals surface area contributed by atoms with Crippen molar-refractivity contribution in [1.82, 2.24) is 19.8 Å². The lowest BCUT2D eigenvalue weighted by molar-refractivity contribution is -0.139. The number of nitrogens with one attached hydrogen (secondary N) is 1. The molecule has 2 aromatic rings. The highest BCUT2D eigenvalue weighted by Gasteiger charge is 2.28. The van der Waals surface area contributed by atoms with Crippen molar-refractivity contribution in [3.63, 3.8) is 0 Å². The molecule has 1 aliphatic rings. The normalized spacial score (nSPS) is 18.3. The van der Waals surface area contributed by atoms with Crippen molar-refractivity contribution in [1.29, 1.82) is 0 Å². The van der Waals surface area contributed by atoms with Gasteiger partial charge < -0.3 is 10.2 Å². The van der Waals surface area contributed by atoms with Crippen molar-refractivity contribution >= 4 is 22.7 Å². The zero-order valence-electron chi connectivity index (χ0n) is 13.8. The van der Waals surface area contributed by atoms with Crippen molar-refractivity contribution in [2.75, 3.05) is 13.1 Å². The molecule has 2 amide bonds. The Morgan fingerprint density at radius 1 is 1.33 bits per heavy atom. The van der Waals surface area contributed by atoms with E-state index in [0.29, 0.717) is 36.2 Å². The third-order valence-electron chi connectivity index (χ3n) is 4.39. The van der Waals surface area contributed by atoms with Crippen LogP contribution in [0.1, 0.15) is 19.2 Å². The molecule has 1 saturated heterocycles.